The molecule has 5 rings (SSSR count). The van der Waals surface area contributed by atoms with E-state index < -0.39 is 22.8 Å². The average Bonchev–Trinajstić information content (AvgIpc) is 3.59. The van der Waals surface area contributed by atoms with Crippen LogP contribution in [0.5, 0.6) is 5.75 Å². The third-order valence-corrected chi connectivity index (χ3v) is 7.10. The zero-order valence-corrected chi connectivity index (χ0v) is 22.2. The first-order valence-electron chi connectivity index (χ1n) is 12.4. The molecule has 1 atom stereocenters. The van der Waals surface area contributed by atoms with E-state index in [1.807, 2.05) is 4.90 Å². The van der Waals surface area contributed by atoms with E-state index in [9.17, 15) is 13.3 Å². The molecule has 0 bridgehead atoms. The van der Waals surface area contributed by atoms with Crippen molar-refractivity contribution >= 4 is 34.5 Å². The van der Waals surface area contributed by atoms with Crippen LogP contribution < -0.4 is 20.7 Å². The summed E-state index contributed by atoms with van der Waals surface area (Å²) >= 11 is -0.942. The number of benzene rings is 1. The number of fused-ring (bicyclic) bond motifs is 1. The minimum absolute atomic E-state index is 0.000105. The summed E-state index contributed by atoms with van der Waals surface area (Å²) in [4.78, 5) is 17.1. The lowest BCUT2D eigenvalue weighted by atomic mass is 10.2. The number of anilines is 3. The Morgan fingerprint density at radius 3 is 2.72 bits per heavy atom. The Morgan fingerprint density at radius 1 is 1.15 bits per heavy atom. The fourth-order valence-corrected chi connectivity index (χ4v) is 4.77. The van der Waals surface area contributed by atoms with Crippen LogP contribution in [0.1, 0.15) is 6.42 Å². The topological polar surface area (TPSA) is 146 Å². The molecular formula is C24H29F2N9O3S. The third-order valence-electron chi connectivity index (χ3n) is 6.23. The largest absolute Gasteiger partial charge is 0.617 e. The second-order valence-electron chi connectivity index (χ2n) is 9.00. The predicted molar refractivity (Wildman–Crippen MR) is 143 cm³/mol. The van der Waals surface area contributed by atoms with E-state index in [-0.39, 0.29) is 18.3 Å². The molecule has 1 fully saturated rings. The number of nitrogens with one attached hydrogen (secondary N) is 1. The maximum Gasteiger partial charge on any atom is 0.259 e. The van der Waals surface area contributed by atoms with Crippen molar-refractivity contribution in [2.24, 2.45) is 0 Å². The van der Waals surface area contributed by atoms with Gasteiger partial charge in [-0.3, -0.25) is 4.90 Å². The number of piperazine rings is 1. The SMILES string of the molecule is C[S+]([O-])CCCOc1cc(N2CCN(CCNc3nc(N)n4nc(-c5ccco5)nc4n3)CC2)c(F)cc1F. The number of nitrogen functional groups attached to an aromatic ring is 1. The molecule has 1 unspecified atom stereocenters. The Balaban J connectivity index is 1.12. The second kappa shape index (κ2) is 12.0. The fourth-order valence-electron chi connectivity index (χ4n) is 4.25. The highest BCUT2D eigenvalue weighted by molar-refractivity contribution is 7.90. The molecule has 1 aliphatic rings. The number of hydrogen-bond acceptors (Lipinski definition) is 11. The monoisotopic (exact) mass is 561 g/mol. The molecule has 3 N–H and O–H groups in total. The van der Waals surface area contributed by atoms with Crippen LogP contribution in [-0.2, 0) is 11.2 Å². The quantitative estimate of drug-likeness (QED) is 0.205. The van der Waals surface area contributed by atoms with Gasteiger partial charge >= 0.3 is 0 Å². The summed E-state index contributed by atoms with van der Waals surface area (Å²) in [7, 11) is 0. The molecule has 39 heavy (non-hydrogen) atoms. The van der Waals surface area contributed by atoms with Crippen molar-refractivity contribution in [1.82, 2.24) is 29.5 Å². The molecular weight excluding hydrogens is 532 g/mol. The van der Waals surface area contributed by atoms with Gasteiger partial charge in [0.15, 0.2) is 17.3 Å². The molecule has 4 aromatic rings. The molecule has 0 spiro atoms. The van der Waals surface area contributed by atoms with Gasteiger partial charge in [0.25, 0.3) is 5.78 Å². The zero-order valence-electron chi connectivity index (χ0n) is 21.3. The van der Waals surface area contributed by atoms with E-state index in [4.69, 9.17) is 14.9 Å². The minimum Gasteiger partial charge on any atom is -0.617 e. The normalized spacial score (nSPS) is 15.1. The van der Waals surface area contributed by atoms with Crippen molar-refractivity contribution in [3.05, 3.63) is 42.2 Å². The van der Waals surface area contributed by atoms with Crippen LogP contribution >= 0.6 is 0 Å². The van der Waals surface area contributed by atoms with Crippen molar-refractivity contribution in [1.29, 1.82) is 0 Å². The second-order valence-corrected chi connectivity index (χ2v) is 10.6. The third kappa shape index (κ3) is 6.49. The number of nitrogens with zero attached hydrogens (tertiary/aromatic N) is 7. The Kier molecular flexibility index (Phi) is 8.28. The summed E-state index contributed by atoms with van der Waals surface area (Å²) in [6.45, 7) is 3.99. The molecule has 0 saturated carbocycles. The summed E-state index contributed by atoms with van der Waals surface area (Å²) in [5, 5.41) is 7.44. The van der Waals surface area contributed by atoms with Crippen molar-refractivity contribution in [2.75, 3.05) is 73.8 Å². The van der Waals surface area contributed by atoms with Crippen molar-refractivity contribution in [3.63, 3.8) is 0 Å². The van der Waals surface area contributed by atoms with Crippen LogP contribution in [0.15, 0.2) is 34.9 Å². The standard InChI is InChI=1S/C24H29F2N9O3S/c1-39(36)13-3-12-38-20-15-18(16(25)14-17(20)26)34-9-7-33(8-10-34)6-5-28-23-30-22(27)35-24(31-23)29-21(32-35)19-4-2-11-37-19/h2,4,11,14-15H,3,5-10,12-13H2,1H3,(H3,27,28,29,30,31,32). The summed E-state index contributed by atoms with van der Waals surface area (Å²) in [5.41, 5.74) is 6.34. The van der Waals surface area contributed by atoms with E-state index in [2.05, 4.69) is 30.3 Å². The van der Waals surface area contributed by atoms with Crippen LogP contribution in [0.2, 0.25) is 0 Å². The van der Waals surface area contributed by atoms with Crippen LogP contribution in [0, 0.1) is 11.6 Å². The van der Waals surface area contributed by atoms with Gasteiger partial charge in [-0.2, -0.15) is 19.5 Å². The first-order valence-corrected chi connectivity index (χ1v) is 14.2. The number of hydrogen-bond donors (Lipinski definition) is 2. The van der Waals surface area contributed by atoms with Gasteiger partial charge in [0.05, 0.1) is 24.8 Å². The lowest BCUT2D eigenvalue weighted by Gasteiger charge is -2.36. The number of halogens is 2. The van der Waals surface area contributed by atoms with Gasteiger partial charge in [-0.15, -0.1) is 5.10 Å². The van der Waals surface area contributed by atoms with E-state index in [1.165, 1.54) is 16.8 Å². The maximum atomic E-state index is 14.6. The lowest BCUT2D eigenvalue weighted by molar-refractivity contribution is 0.266. The van der Waals surface area contributed by atoms with E-state index in [1.54, 1.807) is 18.4 Å². The van der Waals surface area contributed by atoms with E-state index in [0.717, 1.165) is 6.07 Å². The Labute approximate surface area is 226 Å². The Morgan fingerprint density at radius 2 is 1.97 bits per heavy atom. The predicted octanol–water partition coefficient (Wildman–Crippen LogP) is 2.02. The zero-order chi connectivity index (χ0) is 27.4. The molecule has 4 heterocycles. The highest BCUT2D eigenvalue weighted by Gasteiger charge is 2.22. The lowest BCUT2D eigenvalue weighted by Crippen LogP contribution is -2.48. The highest BCUT2D eigenvalue weighted by Crippen LogP contribution is 2.29. The maximum absolute atomic E-state index is 14.6. The van der Waals surface area contributed by atoms with Crippen LogP contribution in [-0.4, -0.2) is 91.9 Å². The van der Waals surface area contributed by atoms with Crippen molar-refractivity contribution in [2.45, 2.75) is 6.42 Å². The molecule has 15 heteroatoms. The first-order chi connectivity index (χ1) is 18.9. The number of ether oxygens (including phenoxy) is 1. The van der Waals surface area contributed by atoms with Gasteiger partial charge in [-0.25, -0.2) is 8.78 Å². The number of aromatic nitrogens is 5. The highest BCUT2D eigenvalue weighted by atomic mass is 32.2. The van der Waals surface area contributed by atoms with Crippen LogP contribution in [0.25, 0.3) is 17.4 Å². The minimum atomic E-state index is -0.942. The summed E-state index contributed by atoms with van der Waals surface area (Å²) in [6, 6.07) is 5.75. The van der Waals surface area contributed by atoms with Crippen molar-refractivity contribution < 1.29 is 22.5 Å². The smallest absolute Gasteiger partial charge is 0.259 e. The Bertz CT molecular complexity index is 1400. The number of rotatable bonds is 11. The van der Waals surface area contributed by atoms with Crippen molar-refractivity contribution in [3.8, 4) is 17.3 Å². The van der Waals surface area contributed by atoms with Gasteiger partial charge in [-0.05, 0) is 12.1 Å². The van der Waals surface area contributed by atoms with Gasteiger partial charge in [-0.1, -0.05) is 11.2 Å². The molecule has 208 valence electrons. The van der Waals surface area contributed by atoms with E-state index in [0.29, 0.717) is 80.4 Å². The fraction of sp³-hybridized carbons (Fsp3) is 0.417. The molecule has 0 aliphatic carbocycles. The molecule has 1 saturated heterocycles. The van der Waals surface area contributed by atoms with Crippen LogP contribution in [0.4, 0.5) is 26.4 Å². The van der Waals surface area contributed by atoms with Gasteiger partial charge in [0.2, 0.25) is 17.7 Å². The summed E-state index contributed by atoms with van der Waals surface area (Å²) in [5.74, 6) is 0.740. The summed E-state index contributed by atoms with van der Waals surface area (Å²) in [6.07, 6.45) is 3.66. The Hall–Kier alpha value is -3.69. The summed E-state index contributed by atoms with van der Waals surface area (Å²) < 4.78 is 52.1. The molecule has 3 aromatic heterocycles. The van der Waals surface area contributed by atoms with Gasteiger partial charge in [0.1, 0.15) is 11.6 Å². The average molecular weight is 562 g/mol. The van der Waals surface area contributed by atoms with E-state index >= 15 is 0 Å². The number of furan rings is 1. The van der Waals surface area contributed by atoms with Gasteiger partial charge in [0, 0.05) is 57.8 Å². The molecule has 1 aromatic carbocycles. The molecule has 0 amide bonds. The molecule has 1 aliphatic heterocycles. The number of nitrogens with two attached hydrogens (primary N) is 1. The molecule has 0 radical (unpaired) electrons. The van der Waals surface area contributed by atoms with Crippen LogP contribution in [0.3, 0.4) is 0 Å². The molecule has 12 nitrogen and oxygen atoms in total. The van der Waals surface area contributed by atoms with Gasteiger partial charge < -0.3 is 29.7 Å². The first kappa shape index (κ1) is 26.9.